The Morgan fingerprint density at radius 2 is 2.18 bits per heavy atom. The Kier molecular flexibility index (Phi) is 3.94. The predicted octanol–water partition coefficient (Wildman–Crippen LogP) is 3.12. The Balaban J connectivity index is 2.14. The van der Waals surface area contributed by atoms with E-state index in [0.29, 0.717) is 12.2 Å². The summed E-state index contributed by atoms with van der Waals surface area (Å²) < 4.78 is 13.9. The Morgan fingerprint density at radius 1 is 1.36 bits per heavy atom. The van der Waals surface area contributed by atoms with Crippen LogP contribution in [0.2, 0.25) is 0 Å². The van der Waals surface area contributed by atoms with Crippen LogP contribution in [-0.4, -0.2) is 21.3 Å². The van der Waals surface area contributed by atoms with E-state index in [4.69, 9.17) is 4.74 Å². The van der Waals surface area contributed by atoms with Gasteiger partial charge in [-0.3, -0.25) is 0 Å². The zero-order chi connectivity index (χ0) is 15.7. The topological polar surface area (TPSA) is 64.1 Å². The molecule has 3 rings (SSSR count). The van der Waals surface area contributed by atoms with Crippen LogP contribution >= 0.6 is 11.7 Å². The van der Waals surface area contributed by atoms with Crippen LogP contribution in [0.5, 0.6) is 0 Å². The van der Waals surface area contributed by atoms with Gasteiger partial charge < -0.3 is 10.1 Å². The molecule has 0 saturated heterocycles. The molecule has 0 aliphatic carbocycles. The maximum Gasteiger partial charge on any atom is 0.336 e. The first-order valence-electron chi connectivity index (χ1n) is 7.16. The summed E-state index contributed by atoms with van der Waals surface area (Å²) in [6, 6.07) is 5.87. The zero-order valence-electron chi connectivity index (χ0n) is 12.7. The normalized spacial score (nSPS) is 18.1. The lowest BCUT2D eigenvalue weighted by atomic mass is 9.86. The molecule has 22 heavy (non-hydrogen) atoms. The van der Waals surface area contributed by atoms with Crippen LogP contribution in [0.15, 0.2) is 41.2 Å². The summed E-state index contributed by atoms with van der Waals surface area (Å²) in [5.74, 6) is -0.464. The number of ether oxygens (including phenoxy) is 1. The van der Waals surface area contributed by atoms with Crippen LogP contribution < -0.4 is 5.32 Å². The number of dihydropyridines is 1. The molecule has 1 aliphatic heterocycles. The van der Waals surface area contributed by atoms with Crippen LogP contribution in [-0.2, 0) is 9.53 Å². The summed E-state index contributed by atoms with van der Waals surface area (Å²) in [6.45, 7) is 6.05. The van der Waals surface area contributed by atoms with E-state index in [1.807, 2.05) is 45.0 Å². The molecule has 2 aromatic rings. The number of esters is 1. The number of benzene rings is 1. The van der Waals surface area contributed by atoms with E-state index in [0.717, 1.165) is 28.0 Å². The summed E-state index contributed by atoms with van der Waals surface area (Å²) in [6.07, 6.45) is 2.04. The molecule has 1 aliphatic rings. The lowest BCUT2D eigenvalue weighted by Crippen LogP contribution is -2.25. The van der Waals surface area contributed by atoms with Crippen LogP contribution in [0.1, 0.15) is 32.3 Å². The van der Waals surface area contributed by atoms with E-state index in [9.17, 15) is 4.79 Å². The van der Waals surface area contributed by atoms with Crippen molar-refractivity contribution in [3.63, 3.8) is 0 Å². The van der Waals surface area contributed by atoms with Crippen molar-refractivity contribution in [2.75, 3.05) is 6.61 Å². The van der Waals surface area contributed by atoms with Gasteiger partial charge in [0.25, 0.3) is 0 Å². The first-order valence-corrected chi connectivity index (χ1v) is 7.89. The second-order valence-corrected chi connectivity index (χ2v) is 5.72. The lowest BCUT2D eigenvalue weighted by Gasteiger charge is -2.25. The largest absolute Gasteiger partial charge is 0.463 e. The molecule has 2 heterocycles. The summed E-state index contributed by atoms with van der Waals surface area (Å²) in [4.78, 5) is 12.4. The second kappa shape index (κ2) is 5.88. The van der Waals surface area contributed by atoms with Gasteiger partial charge in [0, 0.05) is 17.3 Å². The minimum atomic E-state index is -0.290. The number of aromatic nitrogens is 2. The van der Waals surface area contributed by atoms with Crippen LogP contribution in [0.3, 0.4) is 0 Å². The third-order valence-corrected chi connectivity index (χ3v) is 4.21. The molecule has 1 atom stereocenters. The number of fused-ring (bicyclic) bond motifs is 1. The van der Waals surface area contributed by atoms with E-state index in [1.54, 1.807) is 0 Å². The quantitative estimate of drug-likeness (QED) is 0.882. The van der Waals surface area contributed by atoms with Crippen molar-refractivity contribution in [1.29, 1.82) is 0 Å². The van der Waals surface area contributed by atoms with Gasteiger partial charge in [-0.25, -0.2) is 4.79 Å². The molecule has 1 unspecified atom stereocenters. The number of hydrogen-bond acceptors (Lipinski definition) is 6. The third kappa shape index (κ3) is 2.50. The number of carbonyl (C=O) groups is 1. The molecular formula is C16H17N3O2S. The van der Waals surface area contributed by atoms with Gasteiger partial charge in [0.15, 0.2) is 0 Å². The van der Waals surface area contributed by atoms with Gasteiger partial charge in [0.2, 0.25) is 0 Å². The average molecular weight is 315 g/mol. The molecular weight excluding hydrogens is 298 g/mol. The van der Waals surface area contributed by atoms with Gasteiger partial charge in [-0.15, -0.1) is 0 Å². The highest BCUT2D eigenvalue weighted by Gasteiger charge is 2.29. The fourth-order valence-electron chi connectivity index (χ4n) is 2.78. The smallest absolute Gasteiger partial charge is 0.336 e. The third-order valence-electron chi connectivity index (χ3n) is 3.66. The van der Waals surface area contributed by atoms with Crippen LogP contribution in [0, 0.1) is 0 Å². The Morgan fingerprint density at radius 3 is 2.95 bits per heavy atom. The van der Waals surface area contributed by atoms with E-state index in [2.05, 4.69) is 14.1 Å². The molecule has 1 aromatic heterocycles. The molecule has 114 valence electrons. The van der Waals surface area contributed by atoms with Gasteiger partial charge in [-0.1, -0.05) is 18.2 Å². The lowest BCUT2D eigenvalue weighted by molar-refractivity contribution is -0.138. The molecule has 0 bridgehead atoms. The highest BCUT2D eigenvalue weighted by atomic mass is 32.1. The van der Waals surface area contributed by atoms with Crippen molar-refractivity contribution in [3.8, 4) is 0 Å². The van der Waals surface area contributed by atoms with Crippen LogP contribution in [0.25, 0.3) is 11.0 Å². The molecule has 6 heteroatoms. The minimum absolute atomic E-state index is 0.173. The van der Waals surface area contributed by atoms with Gasteiger partial charge >= 0.3 is 5.97 Å². The van der Waals surface area contributed by atoms with Crippen molar-refractivity contribution in [3.05, 3.63) is 46.8 Å². The number of rotatable bonds is 3. The Bertz CT molecular complexity index is 792. The SMILES string of the molecule is CCOC(=O)C1=C(C)NC(C)=CC1c1cccc2nsnc12. The molecule has 0 radical (unpaired) electrons. The summed E-state index contributed by atoms with van der Waals surface area (Å²) in [5, 5.41) is 3.22. The average Bonchev–Trinajstić information content (AvgIpc) is 2.94. The first kappa shape index (κ1) is 14.7. The monoisotopic (exact) mass is 315 g/mol. The Labute approximate surface area is 133 Å². The number of allylic oxidation sites excluding steroid dienone is 3. The van der Waals surface area contributed by atoms with E-state index in [-0.39, 0.29) is 11.9 Å². The molecule has 1 N–H and O–H groups in total. The van der Waals surface area contributed by atoms with Crippen LogP contribution in [0.4, 0.5) is 0 Å². The fraction of sp³-hybridized carbons (Fsp3) is 0.312. The standard InChI is InChI=1S/C16H17N3O2S/c1-4-21-16(20)14-10(3)17-9(2)8-12(14)11-6-5-7-13-15(11)19-22-18-13/h5-8,12,17H,4H2,1-3H3. The molecule has 0 fully saturated rings. The molecule has 0 spiro atoms. The maximum absolute atomic E-state index is 12.4. The van der Waals surface area contributed by atoms with Gasteiger partial charge in [-0.2, -0.15) is 8.75 Å². The minimum Gasteiger partial charge on any atom is -0.463 e. The van der Waals surface area contributed by atoms with Crippen molar-refractivity contribution >= 4 is 28.7 Å². The summed E-state index contributed by atoms with van der Waals surface area (Å²) in [5.41, 5.74) is 5.15. The Hall–Kier alpha value is -2.21. The van der Waals surface area contributed by atoms with E-state index in [1.165, 1.54) is 11.7 Å². The number of nitrogens with one attached hydrogen (secondary N) is 1. The molecule has 1 aromatic carbocycles. The van der Waals surface area contributed by atoms with Gasteiger partial charge in [-0.05, 0) is 32.4 Å². The predicted molar refractivity (Wildman–Crippen MR) is 86.4 cm³/mol. The van der Waals surface area contributed by atoms with Crippen molar-refractivity contribution < 1.29 is 9.53 Å². The number of hydrogen-bond donors (Lipinski definition) is 1. The fourth-order valence-corrected chi connectivity index (χ4v) is 3.34. The van der Waals surface area contributed by atoms with E-state index >= 15 is 0 Å². The maximum atomic E-state index is 12.4. The highest BCUT2D eigenvalue weighted by molar-refractivity contribution is 7.00. The van der Waals surface area contributed by atoms with Crippen molar-refractivity contribution in [2.45, 2.75) is 26.7 Å². The summed E-state index contributed by atoms with van der Waals surface area (Å²) in [7, 11) is 0. The molecule has 0 saturated carbocycles. The number of nitrogens with zero attached hydrogens (tertiary/aromatic N) is 2. The highest BCUT2D eigenvalue weighted by Crippen LogP contribution is 2.35. The van der Waals surface area contributed by atoms with Crippen molar-refractivity contribution in [2.24, 2.45) is 0 Å². The second-order valence-electron chi connectivity index (χ2n) is 5.19. The number of carbonyl (C=O) groups excluding carboxylic acids is 1. The molecule has 5 nitrogen and oxygen atoms in total. The van der Waals surface area contributed by atoms with Gasteiger partial charge in [0.1, 0.15) is 11.0 Å². The van der Waals surface area contributed by atoms with E-state index < -0.39 is 0 Å². The first-order chi connectivity index (χ1) is 10.6. The summed E-state index contributed by atoms with van der Waals surface area (Å²) >= 11 is 1.18. The van der Waals surface area contributed by atoms with Gasteiger partial charge in [0.05, 0.1) is 23.9 Å². The van der Waals surface area contributed by atoms with Crippen molar-refractivity contribution in [1.82, 2.24) is 14.1 Å². The zero-order valence-corrected chi connectivity index (χ0v) is 13.5. The molecule has 0 amide bonds.